The molecule has 1 N–H and O–H groups in total. The molecule has 0 aromatic rings. The number of rotatable bonds is 46. The first-order valence-electron chi connectivity index (χ1n) is 19.3. The van der Waals surface area contributed by atoms with Gasteiger partial charge in [0.15, 0.2) is 0 Å². The third-order valence-electron chi connectivity index (χ3n) is 7.34. The smallest absolute Gasteiger partial charge is 0.329 e. The fourth-order valence-corrected chi connectivity index (χ4v) is 4.58. The molecule has 0 saturated carbocycles. The molecule has 0 radical (unpaired) electrons. The van der Waals surface area contributed by atoms with E-state index in [4.69, 9.17) is 57.2 Å². The molecule has 13 nitrogen and oxygen atoms in total. The number of unbranched alkanes of at least 4 members (excludes halogenated alkanes) is 12. The van der Waals surface area contributed by atoms with Gasteiger partial charge in [0, 0.05) is 6.61 Å². The van der Waals surface area contributed by atoms with Crippen molar-refractivity contribution >= 4 is 5.97 Å². The quantitative estimate of drug-likeness (QED) is 0.0808. The number of carbonyl (C=O) groups is 1. The summed E-state index contributed by atoms with van der Waals surface area (Å²) in [5.41, 5.74) is 0. The fourth-order valence-electron chi connectivity index (χ4n) is 4.58. The van der Waals surface area contributed by atoms with Crippen molar-refractivity contribution in [3.8, 4) is 0 Å². The molecule has 0 aliphatic rings. The lowest BCUT2D eigenvalue weighted by molar-refractivity contribution is -0.142. The van der Waals surface area contributed by atoms with Crippen LogP contribution in [0.1, 0.15) is 90.4 Å². The molecule has 0 spiro atoms. The molecule has 0 aliphatic carbocycles. The van der Waals surface area contributed by atoms with Gasteiger partial charge < -0.3 is 57.2 Å². The highest BCUT2D eigenvalue weighted by Crippen LogP contribution is 2.12. The molecule has 0 unspecified atom stereocenters. The van der Waals surface area contributed by atoms with Crippen LogP contribution >= 0.6 is 0 Å². The highest BCUT2D eigenvalue weighted by atomic mass is 16.6. The maximum absolute atomic E-state index is 10.3. The molecule has 0 aromatic heterocycles. The number of ether oxygens (including phenoxy) is 11. The summed E-state index contributed by atoms with van der Waals surface area (Å²) >= 11 is 0. The Morgan fingerprint density at radius 2 is 0.500 bits per heavy atom. The van der Waals surface area contributed by atoms with E-state index in [1.165, 1.54) is 77.0 Å². The van der Waals surface area contributed by atoms with Gasteiger partial charge >= 0.3 is 5.97 Å². The minimum absolute atomic E-state index is 0.245. The summed E-state index contributed by atoms with van der Waals surface area (Å²) in [4.78, 5) is 10.3. The summed E-state index contributed by atoms with van der Waals surface area (Å²) in [6.45, 7) is 12.6. The zero-order valence-corrected chi connectivity index (χ0v) is 31.6. The first kappa shape index (κ1) is 49.0. The normalized spacial score (nSPS) is 11.5. The van der Waals surface area contributed by atoms with Crippen molar-refractivity contribution in [2.24, 2.45) is 0 Å². The van der Waals surface area contributed by atoms with Gasteiger partial charge in [0.2, 0.25) is 0 Å². The van der Waals surface area contributed by atoms with Gasteiger partial charge in [0.25, 0.3) is 0 Å². The summed E-state index contributed by atoms with van der Waals surface area (Å²) in [5, 5.41) is 8.43. The van der Waals surface area contributed by atoms with Gasteiger partial charge in [0.1, 0.15) is 6.61 Å². The fraction of sp³-hybridized carbons (Fsp3) is 0.973. The van der Waals surface area contributed by atoms with Crippen LogP contribution in [0.4, 0.5) is 0 Å². The van der Waals surface area contributed by atoms with E-state index in [0.29, 0.717) is 126 Å². The van der Waals surface area contributed by atoms with Crippen molar-refractivity contribution in [1.29, 1.82) is 0 Å². The van der Waals surface area contributed by atoms with E-state index in [0.717, 1.165) is 13.0 Å². The van der Waals surface area contributed by atoms with E-state index in [1.54, 1.807) is 0 Å². The van der Waals surface area contributed by atoms with Gasteiger partial charge in [0.05, 0.1) is 132 Å². The van der Waals surface area contributed by atoms with Crippen LogP contribution < -0.4 is 0 Å². The Morgan fingerprint density at radius 1 is 0.300 bits per heavy atom. The van der Waals surface area contributed by atoms with Gasteiger partial charge in [-0.3, -0.25) is 0 Å². The van der Waals surface area contributed by atoms with E-state index in [1.807, 2.05) is 0 Å². The largest absolute Gasteiger partial charge is 0.480 e. The summed E-state index contributed by atoms with van der Waals surface area (Å²) in [6.07, 6.45) is 17.7. The standard InChI is InChI=1S/C37H74O13/c1-2-3-4-5-6-7-8-9-10-11-12-13-14-15-40-16-17-41-18-19-42-20-21-43-22-23-44-24-25-45-26-27-46-28-29-47-30-31-48-32-33-49-34-35-50-36-37(38)39/h2-36H2,1H3,(H,38,39). The number of carboxylic acids is 1. The average molecular weight is 727 g/mol. The monoisotopic (exact) mass is 727 g/mol. The molecule has 50 heavy (non-hydrogen) atoms. The maximum Gasteiger partial charge on any atom is 0.329 e. The van der Waals surface area contributed by atoms with Gasteiger partial charge in [-0.1, -0.05) is 84.0 Å². The highest BCUT2D eigenvalue weighted by Gasteiger charge is 1.98. The SMILES string of the molecule is CCCCCCCCCCCCCCCOCCOCCOCCOCCOCCOCCOCCOCCOCCOCCOCC(=O)O. The van der Waals surface area contributed by atoms with Crippen LogP contribution in [-0.4, -0.2) is 156 Å². The zero-order valence-electron chi connectivity index (χ0n) is 31.6. The lowest BCUT2D eigenvalue weighted by Gasteiger charge is -2.09. The molecule has 13 heteroatoms. The van der Waals surface area contributed by atoms with E-state index < -0.39 is 5.97 Å². The minimum atomic E-state index is -0.992. The van der Waals surface area contributed by atoms with Gasteiger partial charge in [-0.05, 0) is 6.42 Å². The van der Waals surface area contributed by atoms with Crippen LogP contribution in [0.25, 0.3) is 0 Å². The topological polar surface area (TPSA) is 139 Å². The number of carboxylic acid groups (broad SMARTS) is 1. The van der Waals surface area contributed by atoms with Crippen molar-refractivity contribution in [3.05, 3.63) is 0 Å². The van der Waals surface area contributed by atoms with Crippen LogP contribution in [0.15, 0.2) is 0 Å². The molecule has 300 valence electrons. The Balaban J connectivity index is 3.05. The van der Waals surface area contributed by atoms with Crippen molar-refractivity contribution in [2.45, 2.75) is 90.4 Å². The van der Waals surface area contributed by atoms with Gasteiger partial charge in [-0.2, -0.15) is 0 Å². The summed E-state index contributed by atoms with van der Waals surface area (Å²) in [6, 6.07) is 0. The maximum atomic E-state index is 10.3. The number of aliphatic carboxylic acids is 1. The lowest BCUT2D eigenvalue weighted by atomic mass is 10.0. The van der Waals surface area contributed by atoms with E-state index >= 15 is 0 Å². The Morgan fingerprint density at radius 3 is 0.740 bits per heavy atom. The van der Waals surface area contributed by atoms with Crippen LogP contribution in [0, 0.1) is 0 Å². The molecule has 0 aliphatic heterocycles. The average Bonchev–Trinajstić information content (AvgIpc) is 3.11. The molecule has 0 amide bonds. The molecule has 0 bridgehead atoms. The summed E-state index contributed by atoms with van der Waals surface area (Å²) in [5.74, 6) is -0.992. The molecular weight excluding hydrogens is 652 g/mol. The van der Waals surface area contributed by atoms with Crippen molar-refractivity contribution < 1.29 is 62.0 Å². The highest BCUT2D eigenvalue weighted by molar-refractivity contribution is 5.67. The van der Waals surface area contributed by atoms with Crippen LogP contribution in [0.2, 0.25) is 0 Å². The van der Waals surface area contributed by atoms with Crippen LogP contribution in [-0.2, 0) is 56.9 Å². The minimum Gasteiger partial charge on any atom is -0.480 e. The van der Waals surface area contributed by atoms with Crippen LogP contribution in [0.5, 0.6) is 0 Å². The first-order valence-corrected chi connectivity index (χ1v) is 19.3. The second-order valence-electron chi connectivity index (χ2n) is 11.8. The molecule has 0 heterocycles. The molecular formula is C37H74O13. The Bertz CT molecular complexity index is 630. The molecule has 0 fully saturated rings. The molecule has 0 aromatic carbocycles. The van der Waals surface area contributed by atoms with Crippen LogP contribution in [0.3, 0.4) is 0 Å². The summed E-state index contributed by atoms with van der Waals surface area (Å²) < 4.78 is 59.6. The molecule has 0 saturated heterocycles. The van der Waals surface area contributed by atoms with Crippen molar-refractivity contribution in [1.82, 2.24) is 0 Å². The summed E-state index contributed by atoms with van der Waals surface area (Å²) in [7, 11) is 0. The molecule has 0 rings (SSSR count). The van der Waals surface area contributed by atoms with E-state index in [-0.39, 0.29) is 13.2 Å². The third kappa shape index (κ3) is 47.0. The van der Waals surface area contributed by atoms with Crippen molar-refractivity contribution in [2.75, 3.05) is 145 Å². The second-order valence-corrected chi connectivity index (χ2v) is 11.8. The predicted octanol–water partition coefficient (Wildman–Crippen LogP) is 5.34. The van der Waals surface area contributed by atoms with Gasteiger partial charge in [-0.15, -0.1) is 0 Å². The van der Waals surface area contributed by atoms with Crippen molar-refractivity contribution in [3.63, 3.8) is 0 Å². The number of hydrogen-bond acceptors (Lipinski definition) is 12. The Labute approximate surface area is 303 Å². The zero-order chi connectivity index (χ0) is 36.1. The Hall–Kier alpha value is -0.970. The van der Waals surface area contributed by atoms with E-state index in [2.05, 4.69) is 6.92 Å². The second kappa shape index (κ2) is 46.1. The van der Waals surface area contributed by atoms with E-state index in [9.17, 15) is 4.79 Å². The molecule has 0 atom stereocenters. The lowest BCUT2D eigenvalue weighted by Crippen LogP contribution is -2.15. The third-order valence-corrected chi connectivity index (χ3v) is 7.34. The Kier molecular flexibility index (Phi) is 45.2. The predicted molar refractivity (Wildman–Crippen MR) is 192 cm³/mol. The first-order chi connectivity index (χ1) is 24.8. The van der Waals surface area contributed by atoms with Gasteiger partial charge in [-0.25, -0.2) is 4.79 Å². The number of hydrogen-bond donors (Lipinski definition) is 1.